The quantitative estimate of drug-likeness (QED) is 0.152. The highest BCUT2D eigenvalue weighted by Gasteiger charge is 2.21. The van der Waals surface area contributed by atoms with Crippen molar-refractivity contribution in [1.29, 1.82) is 0 Å². The SMILES string of the molecule is Cc1ccccc1N(c1ccc2cc3c(cc2c1)oc1cc2c(cc13)oc1cc3cc(N(c4ccccc4C)c4ccc(-c5ccccc5)cc4C)ccc3cc12)c1ccc(-c2ccccc2)cc1C. The number of para-hydroxylation sites is 2. The van der Waals surface area contributed by atoms with Gasteiger partial charge in [-0.1, -0.05) is 121 Å². The van der Waals surface area contributed by atoms with Gasteiger partial charge < -0.3 is 18.6 Å². The molecule has 0 aliphatic carbocycles. The molecule has 0 unspecified atom stereocenters. The maximum atomic E-state index is 6.75. The van der Waals surface area contributed by atoms with Crippen molar-refractivity contribution in [3.63, 3.8) is 0 Å². The second kappa shape index (κ2) is 16.4. The van der Waals surface area contributed by atoms with Crippen LogP contribution in [0.25, 0.3) is 87.7 Å². The second-order valence-corrected chi connectivity index (χ2v) is 18.8. The lowest BCUT2D eigenvalue weighted by Crippen LogP contribution is -2.12. The lowest BCUT2D eigenvalue weighted by Gasteiger charge is -2.29. The normalized spacial score (nSPS) is 11.7. The molecule has 11 aromatic carbocycles. The zero-order valence-electron chi connectivity index (χ0n) is 39.5. The number of hydrogen-bond acceptors (Lipinski definition) is 4. The number of furan rings is 2. The van der Waals surface area contributed by atoms with E-state index in [4.69, 9.17) is 8.83 Å². The topological polar surface area (TPSA) is 32.8 Å². The van der Waals surface area contributed by atoms with Gasteiger partial charge in [-0.15, -0.1) is 0 Å². The summed E-state index contributed by atoms with van der Waals surface area (Å²) in [5.41, 5.74) is 19.8. The Kier molecular flexibility index (Phi) is 9.70. The van der Waals surface area contributed by atoms with Crippen LogP contribution in [0.4, 0.5) is 34.1 Å². The van der Waals surface area contributed by atoms with E-state index in [0.717, 1.165) is 99.5 Å². The maximum absolute atomic E-state index is 6.75. The van der Waals surface area contributed by atoms with Crippen LogP contribution in [0.15, 0.2) is 227 Å². The van der Waals surface area contributed by atoms with Gasteiger partial charge in [-0.2, -0.15) is 0 Å². The van der Waals surface area contributed by atoms with Crippen LogP contribution < -0.4 is 9.80 Å². The molecule has 2 aromatic heterocycles. The van der Waals surface area contributed by atoms with E-state index < -0.39 is 0 Å². The van der Waals surface area contributed by atoms with E-state index >= 15 is 0 Å². The lowest BCUT2D eigenvalue weighted by molar-refractivity contribution is 0.664. The van der Waals surface area contributed by atoms with Gasteiger partial charge in [0.2, 0.25) is 0 Å². The molecule has 0 bridgehead atoms. The van der Waals surface area contributed by atoms with Crippen LogP contribution in [0, 0.1) is 27.7 Å². The van der Waals surface area contributed by atoms with E-state index in [-0.39, 0.29) is 0 Å². The average Bonchev–Trinajstić information content (AvgIpc) is 3.92. The van der Waals surface area contributed by atoms with Crippen LogP contribution in [-0.4, -0.2) is 0 Å². The van der Waals surface area contributed by atoms with E-state index in [1.807, 2.05) is 0 Å². The second-order valence-electron chi connectivity index (χ2n) is 18.8. The Morgan fingerprint density at radius 1 is 0.257 bits per heavy atom. The van der Waals surface area contributed by atoms with E-state index in [1.165, 1.54) is 44.5 Å². The highest BCUT2D eigenvalue weighted by Crippen LogP contribution is 2.45. The highest BCUT2D eigenvalue weighted by molar-refractivity contribution is 6.18. The van der Waals surface area contributed by atoms with Gasteiger partial charge in [0.1, 0.15) is 22.3 Å². The molecule has 0 spiro atoms. The number of fused-ring (bicyclic) bond motifs is 8. The largest absolute Gasteiger partial charge is 0.456 e. The van der Waals surface area contributed by atoms with E-state index in [0.29, 0.717) is 0 Å². The summed E-state index contributed by atoms with van der Waals surface area (Å²) in [6.45, 7) is 8.78. The summed E-state index contributed by atoms with van der Waals surface area (Å²) >= 11 is 0. The Hall–Kier alpha value is -8.86. The molecule has 0 aliphatic rings. The first-order valence-electron chi connectivity index (χ1n) is 24.1. The molecule has 0 atom stereocenters. The molecular formula is C66H48N2O2. The number of benzene rings is 11. The van der Waals surface area contributed by atoms with Crippen LogP contribution in [-0.2, 0) is 0 Å². The van der Waals surface area contributed by atoms with Crippen molar-refractivity contribution >= 4 is 99.5 Å². The van der Waals surface area contributed by atoms with Crippen molar-refractivity contribution < 1.29 is 8.83 Å². The van der Waals surface area contributed by atoms with Crippen molar-refractivity contribution in [3.8, 4) is 22.3 Å². The lowest BCUT2D eigenvalue weighted by atomic mass is 10.00. The fourth-order valence-corrected chi connectivity index (χ4v) is 10.7. The summed E-state index contributed by atoms with van der Waals surface area (Å²) in [5, 5.41) is 8.73. The molecule has 2 heterocycles. The highest BCUT2D eigenvalue weighted by atomic mass is 16.3. The van der Waals surface area contributed by atoms with Gasteiger partial charge in [0, 0.05) is 55.7 Å². The molecule has 0 amide bonds. The summed E-state index contributed by atoms with van der Waals surface area (Å²) in [6, 6.07) is 78.7. The molecule has 4 heteroatoms. The standard InChI is InChI=1S/C66H48N2O2/c1-41-15-11-13-21-59(41)67(61-29-25-47(31-43(61)3)45-17-7-5-8-18-45)53-27-23-49-35-55-57-39-66-58(40-65(57)69-63(55)37-51(49)33-53)56-36-50-24-28-54(34-52(50)38-64(56)70-66)68(60-22-14-12-16-42(60)2)62-30-26-48(32-44(62)4)46-19-9-6-10-20-46/h5-40H,1-4H3. The third-order valence-corrected chi connectivity index (χ3v) is 14.3. The van der Waals surface area contributed by atoms with Crippen LogP contribution in [0.3, 0.4) is 0 Å². The molecule has 13 aromatic rings. The van der Waals surface area contributed by atoms with Crippen molar-refractivity contribution in [2.45, 2.75) is 27.7 Å². The minimum Gasteiger partial charge on any atom is -0.456 e. The van der Waals surface area contributed by atoms with Gasteiger partial charge >= 0.3 is 0 Å². The first-order chi connectivity index (χ1) is 34.3. The molecule has 0 aliphatic heterocycles. The van der Waals surface area contributed by atoms with Crippen molar-refractivity contribution in [2.75, 3.05) is 9.80 Å². The average molecular weight is 901 g/mol. The number of aryl methyl sites for hydroxylation is 4. The fourth-order valence-electron chi connectivity index (χ4n) is 10.7. The summed E-state index contributed by atoms with van der Waals surface area (Å²) in [7, 11) is 0. The van der Waals surface area contributed by atoms with Gasteiger partial charge in [0.05, 0.1) is 0 Å². The Morgan fingerprint density at radius 2 is 0.629 bits per heavy atom. The molecule has 0 radical (unpaired) electrons. The summed E-state index contributed by atoms with van der Waals surface area (Å²) in [6.07, 6.45) is 0. The first-order valence-corrected chi connectivity index (χ1v) is 24.1. The smallest absolute Gasteiger partial charge is 0.136 e. The van der Waals surface area contributed by atoms with Gasteiger partial charge in [0.25, 0.3) is 0 Å². The van der Waals surface area contributed by atoms with Crippen LogP contribution in [0.2, 0.25) is 0 Å². The summed E-state index contributed by atoms with van der Waals surface area (Å²) < 4.78 is 13.5. The third-order valence-electron chi connectivity index (χ3n) is 14.3. The van der Waals surface area contributed by atoms with E-state index in [9.17, 15) is 0 Å². The van der Waals surface area contributed by atoms with Gasteiger partial charge in [-0.25, -0.2) is 0 Å². The van der Waals surface area contributed by atoms with E-state index in [1.54, 1.807) is 0 Å². The fraction of sp³-hybridized carbons (Fsp3) is 0.0606. The number of hydrogen-bond donors (Lipinski definition) is 0. The monoisotopic (exact) mass is 900 g/mol. The molecule has 0 saturated carbocycles. The Labute approximate surface area is 406 Å². The van der Waals surface area contributed by atoms with Gasteiger partial charge in [-0.3, -0.25) is 0 Å². The molecule has 0 saturated heterocycles. The number of rotatable bonds is 8. The molecular weight excluding hydrogens is 853 g/mol. The number of nitrogens with zero attached hydrogens (tertiary/aromatic N) is 2. The molecule has 13 rings (SSSR count). The molecule has 334 valence electrons. The predicted molar refractivity (Wildman–Crippen MR) is 295 cm³/mol. The summed E-state index contributed by atoms with van der Waals surface area (Å²) in [5.74, 6) is 0. The van der Waals surface area contributed by atoms with E-state index in [2.05, 4.69) is 256 Å². The summed E-state index contributed by atoms with van der Waals surface area (Å²) in [4.78, 5) is 4.77. The predicted octanol–water partition coefficient (Wildman–Crippen LogP) is 19.3. The van der Waals surface area contributed by atoms with Crippen LogP contribution in [0.5, 0.6) is 0 Å². The minimum absolute atomic E-state index is 0.842. The molecule has 0 N–H and O–H groups in total. The number of anilines is 6. The first kappa shape index (κ1) is 41.3. The van der Waals surface area contributed by atoms with Crippen molar-refractivity contribution in [1.82, 2.24) is 0 Å². The zero-order chi connectivity index (χ0) is 47.0. The molecule has 0 fully saturated rings. The van der Waals surface area contributed by atoms with Gasteiger partial charge in [0.15, 0.2) is 0 Å². The maximum Gasteiger partial charge on any atom is 0.136 e. The molecule has 70 heavy (non-hydrogen) atoms. The molecule has 4 nitrogen and oxygen atoms in total. The van der Waals surface area contributed by atoms with Crippen LogP contribution in [0.1, 0.15) is 22.3 Å². The van der Waals surface area contributed by atoms with Gasteiger partial charge in [-0.05, 0) is 191 Å². The zero-order valence-corrected chi connectivity index (χ0v) is 39.5. The minimum atomic E-state index is 0.842. The van der Waals surface area contributed by atoms with Crippen molar-refractivity contribution in [2.24, 2.45) is 0 Å². The Morgan fingerprint density at radius 3 is 1.04 bits per heavy atom. The van der Waals surface area contributed by atoms with Crippen LogP contribution >= 0.6 is 0 Å². The third kappa shape index (κ3) is 6.99. The Bertz CT molecular complexity index is 3910. The van der Waals surface area contributed by atoms with Crippen molar-refractivity contribution in [3.05, 3.63) is 241 Å². The Balaban J connectivity index is 0.881.